The van der Waals surface area contributed by atoms with Crippen LogP contribution < -0.4 is 0 Å². The quantitative estimate of drug-likeness (QED) is 0.301. The third-order valence-electron chi connectivity index (χ3n) is 4.94. The van der Waals surface area contributed by atoms with Gasteiger partial charge in [0.1, 0.15) is 18.4 Å². The Morgan fingerprint density at radius 1 is 1.19 bits per heavy atom. The standard InChI is InChI=1S/C18H35NO7Si/c1-17(2,3)26-16(22)19(11-20)12(13-14(25-13)15(21)23-7)10-24-27(8,9)18(4,5)6/h12-14,20H,10-11H2,1-9H3/t12-,13-,14+/m1/s1. The minimum atomic E-state index is -2.12. The molecule has 1 rings (SSSR count). The zero-order valence-electron chi connectivity index (χ0n) is 18.0. The molecule has 0 unspecified atom stereocenters. The van der Waals surface area contributed by atoms with E-state index < -0.39 is 51.0 Å². The van der Waals surface area contributed by atoms with Crippen molar-refractivity contribution in [2.75, 3.05) is 20.4 Å². The van der Waals surface area contributed by atoms with Gasteiger partial charge in [0.2, 0.25) is 0 Å². The summed E-state index contributed by atoms with van der Waals surface area (Å²) in [5, 5.41) is 9.79. The second-order valence-electron chi connectivity index (χ2n) is 9.27. The molecule has 0 spiro atoms. The summed E-state index contributed by atoms with van der Waals surface area (Å²) in [6.07, 6.45) is -2.07. The van der Waals surface area contributed by atoms with E-state index in [1.54, 1.807) is 20.8 Å². The zero-order valence-corrected chi connectivity index (χ0v) is 19.0. The fourth-order valence-electron chi connectivity index (χ4n) is 2.21. The Bertz CT molecular complexity index is 539. The van der Waals surface area contributed by atoms with Gasteiger partial charge in [-0.05, 0) is 38.9 Å². The van der Waals surface area contributed by atoms with Crippen LogP contribution in [0.2, 0.25) is 18.1 Å². The minimum Gasteiger partial charge on any atom is -0.467 e. The fraction of sp³-hybridized carbons (Fsp3) is 0.889. The fourth-order valence-corrected chi connectivity index (χ4v) is 3.23. The molecule has 8 nitrogen and oxygen atoms in total. The van der Waals surface area contributed by atoms with Crippen LogP contribution >= 0.6 is 0 Å². The van der Waals surface area contributed by atoms with E-state index in [9.17, 15) is 14.7 Å². The number of nitrogens with zero attached hydrogens (tertiary/aromatic N) is 1. The van der Waals surface area contributed by atoms with Crippen molar-refractivity contribution in [2.45, 2.75) is 83.5 Å². The predicted octanol–water partition coefficient (Wildman–Crippen LogP) is 2.50. The molecule has 3 atom stereocenters. The normalized spacial score (nSPS) is 21.4. The highest BCUT2D eigenvalue weighted by Gasteiger charge is 2.54. The Hall–Kier alpha value is -1.16. The monoisotopic (exact) mass is 405 g/mol. The number of hydrogen-bond acceptors (Lipinski definition) is 7. The Balaban J connectivity index is 3.00. The van der Waals surface area contributed by atoms with Crippen molar-refractivity contribution in [1.29, 1.82) is 0 Å². The van der Waals surface area contributed by atoms with Gasteiger partial charge in [-0.3, -0.25) is 4.90 Å². The Morgan fingerprint density at radius 3 is 2.15 bits per heavy atom. The molecule has 0 bridgehead atoms. The lowest BCUT2D eigenvalue weighted by Gasteiger charge is -2.39. The molecule has 1 aliphatic heterocycles. The van der Waals surface area contributed by atoms with Gasteiger partial charge in [-0.25, -0.2) is 9.59 Å². The van der Waals surface area contributed by atoms with E-state index >= 15 is 0 Å². The third kappa shape index (κ3) is 6.44. The van der Waals surface area contributed by atoms with Crippen molar-refractivity contribution >= 4 is 20.4 Å². The highest BCUT2D eigenvalue weighted by molar-refractivity contribution is 6.74. The van der Waals surface area contributed by atoms with E-state index in [1.807, 2.05) is 0 Å². The molecule has 1 amide bonds. The number of ether oxygens (including phenoxy) is 3. The minimum absolute atomic E-state index is 0.0281. The molecule has 0 aromatic rings. The average molecular weight is 406 g/mol. The Morgan fingerprint density at radius 2 is 1.74 bits per heavy atom. The molecular weight excluding hydrogens is 370 g/mol. The molecule has 1 aliphatic rings. The van der Waals surface area contributed by atoms with Gasteiger partial charge in [0.25, 0.3) is 0 Å². The molecule has 27 heavy (non-hydrogen) atoms. The van der Waals surface area contributed by atoms with Gasteiger partial charge in [-0.2, -0.15) is 0 Å². The molecule has 0 radical (unpaired) electrons. The van der Waals surface area contributed by atoms with Crippen LogP contribution in [-0.2, 0) is 23.4 Å². The van der Waals surface area contributed by atoms with Crippen LogP contribution in [0, 0.1) is 0 Å². The van der Waals surface area contributed by atoms with Gasteiger partial charge in [0.05, 0.1) is 19.8 Å². The van der Waals surface area contributed by atoms with Crippen molar-refractivity contribution in [3.05, 3.63) is 0 Å². The number of amides is 1. The van der Waals surface area contributed by atoms with Gasteiger partial charge in [0, 0.05) is 0 Å². The maximum absolute atomic E-state index is 12.6. The number of esters is 1. The van der Waals surface area contributed by atoms with Crippen molar-refractivity contribution in [1.82, 2.24) is 4.90 Å². The molecule has 1 fully saturated rings. The molecule has 158 valence electrons. The summed E-state index contributed by atoms with van der Waals surface area (Å²) in [5.41, 5.74) is -0.721. The van der Waals surface area contributed by atoms with Crippen molar-refractivity contribution < 1.29 is 33.3 Å². The van der Waals surface area contributed by atoms with E-state index in [4.69, 9.17) is 18.6 Å². The number of carbonyl (C=O) groups is 2. The van der Waals surface area contributed by atoms with Crippen molar-refractivity contribution in [3.8, 4) is 0 Å². The summed E-state index contributed by atoms with van der Waals surface area (Å²) in [4.78, 5) is 25.5. The van der Waals surface area contributed by atoms with Crippen molar-refractivity contribution in [3.63, 3.8) is 0 Å². The smallest absolute Gasteiger partial charge is 0.412 e. The highest BCUT2D eigenvalue weighted by atomic mass is 28.4. The first-order valence-electron chi connectivity index (χ1n) is 9.12. The number of hydrogen-bond donors (Lipinski definition) is 1. The van der Waals surface area contributed by atoms with Gasteiger partial charge in [0.15, 0.2) is 14.4 Å². The molecule has 1 saturated heterocycles. The second kappa shape index (κ2) is 8.46. The number of aliphatic hydroxyl groups is 1. The summed E-state index contributed by atoms with van der Waals surface area (Å²) in [6.45, 7) is 15.3. The number of carbonyl (C=O) groups excluding carboxylic acids is 2. The SMILES string of the molecule is COC(=O)[C@H]1O[C@@H]1[C@@H](CO[Si](C)(C)C(C)(C)C)N(CO)C(=O)OC(C)(C)C. The van der Waals surface area contributed by atoms with E-state index in [0.29, 0.717) is 0 Å². The highest BCUT2D eigenvalue weighted by Crippen LogP contribution is 2.38. The third-order valence-corrected chi connectivity index (χ3v) is 9.44. The summed E-state index contributed by atoms with van der Waals surface area (Å²) >= 11 is 0. The average Bonchev–Trinajstić information content (AvgIpc) is 3.27. The molecule has 1 heterocycles. The molecule has 0 aromatic heterocycles. The maximum Gasteiger partial charge on any atom is 0.412 e. The lowest BCUT2D eigenvalue weighted by Crippen LogP contribution is -2.52. The Kier molecular flexibility index (Phi) is 7.48. The predicted molar refractivity (Wildman–Crippen MR) is 103 cm³/mol. The zero-order chi connectivity index (χ0) is 21.2. The van der Waals surface area contributed by atoms with Crippen LogP contribution in [0.5, 0.6) is 0 Å². The first-order chi connectivity index (χ1) is 12.1. The van der Waals surface area contributed by atoms with Crippen LogP contribution in [0.1, 0.15) is 41.5 Å². The van der Waals surface area contributed by atoms with Gasteiger partial charge in [-0.15, -0.1) is 0 Å². The molecule has 0 aromatic carbocycles. The summed E-state index contributed by atoms with van der Waals surface area (Å²) in [7, 11) is -0.838. The molecular formula is C18H35NO7Si. The molecule has 1 N–H and O–H groups in total. The number of methoxy groups -OCH3 is 1. The Labute approximate surface area is 163 Å². The maximum atomic E-state index is 12.6. The number of epoxide rings is 1. The van der Waals surface area contributed by atoms with Crippen LogP contribution in [0.3, 0.4) is 0 Å². The van der Waals surface area contributed by atoms with Crippen molar-refractivity contribution in [2.24, 2.45) is 0 Å². The van der Waals surface area contributed by atoms with Crippen LogP contribution in [-0.4, -0.2) is 74.7 Å². The first-order valence-corrected chi connectivity index (χ1v) is 12.0. The second-order valence-corrected chi connectivity index (χ2v) is 14.1. The van der Waals surface area contributed by atoms with E-state index in [0.717, 1.165) is 4.90 Å². The van der Waals surface area contributed by atoms with Gasteiger partial charge in [-0.1, -0.05) is 20.8 Å². The van der Waals surface area contributed by atoms with Crippen LogP contribution in [0.25, 0.3) is 0 Å². The molecule has 0 aliphatic carbocycles. The van der Waals surface area contributed by atoms with Crippen LogP contribution in [0.15, 0.2) is 0 Å². The van der Waals surface area contributed by atoms with E-state index in [1.165, 1.54) is 7.11 Å². The lowest BCUT2D eigenvalue weighted by atomic mass is 10.1. The summed E-state index contributed by atoms with van der Waals surface area (Å²) < 4.78 is 21.8. The van der Waals surface area contributed by atoms with Gasteiger partial charge < -0.3 is 23.7 Å². The van der Waals surface area contributed by atoms with E-state index in [-0.39, 0.29) is 11.6 Å². The number of aliphatic hydroxyl groups excluding tert-OH is 1. The van der Waals surface area contributed by atoms with Gasteiger partial charge >= 0.3 is 12.1 Å². The molecule has 9 heteroatoms. The van der Waals surface area contributed by atoms with Crippen LogP contribution in [0.4, 0.5) is 4.79 Å². The largest absolute Gasteiger partial charge is 0.467 e. The lowest BCUT2D eigenvalue weighted by molar-refractivity contribution is -0.142. The summed E-state index contributed by atoms with van der Waals surface area (Å²) in [5.74, 6) is -0.514. The summed E-state index contributed by atoms with van der Waals surface area (Å²) in [6, 6.07) is -0.664. The molecule has 0 saturated carbocycles. The first kappa shape index (κ1) is 23.9. The van der Waals surface area contributed by atoms with E-state index in [2.05, 4.69) is 33.9 Å². The topological polar surface area (TPSA) is 97.8 Å². The number of rotatable bonds is 7.